The van der Waals surface area contributed by atoms with Crippen LogP contribution < -0.4 is 10.2 Å². The van der Waals surface area contributed by atoms with Crippen LogP contribution in [0.1, 0.15) is 33.6 Å². The number of anilines is 1. The Bertz CT molecular complexity index is 1050. The number of aromatic nitrogens is 2. The highest BCUT2D eigenvalue weighted by atomic mass is 16.2. The van der Waals surface area contributed by atoms with Gasteiger partial charge in [0.2, 0.25) is 5.82 Å². The highest BCUT2D eigenvalue weighted by Gasteiger charge is 2.34. The summed E-state index contributed by atoms with van der Waals surface area (Å²) >= 11 is 0. The fourth-order valence-corrected chi connectivity index (χ4v) is 3.59. The Hall–Kier alpha value is -3.41. The van der Waals surface area contributed by atoms with E-state index < -0.39 is 0 Å². The zero-order valence-corrected chi connectivity index (χ0v) is 15.1. The van der Waals surface area contributed by atoms with Crippen LogP contribution in [0.2, 0.25) is 0 Å². The second kappa shape index (κ2) is 6.72. The number of hydrogen-bond donors (Lipinski definition) is 1. The normalized spacial score (nSPS) is 15.6. The van der Waals surface area contributed by atoms with E-state index >= 15 is 0 Å². The van der Waals surface area contributed by atoms with E-state index in [2.05, 4.69) is 16.9 Å². The highest BCUT2D eigenvalue weighted by molar-refractivity contribution is 6.08. The van der Waals surface area contributed by atoms with Crippen molar-refractivity contribution in [2.75, 3.05) is 11.4 Å². The Morgan fingerprint density at radius 1 is 1.26 bits per heavy atom. The molecule has 0 radical (unpaired) electrons. The minimum atomic E-state index is -0.326. The molecule has 136 valence electrons. The number of nitrogens with one attached hydrogen (secondary N) is 1. The number of fused-ring (bicyclic) bond motifs is 2. The lowest BCUT2D eigenvalue weighted by Gasteiger charge is -2.21. The summed E-state index contributed by atoms with van der Waals surface area (Å²) in [6, 6.07) is 13.3. The van der Waals surface area contributed by atoms with Crippen LogP contribution in [0.5, 0.6) is 0 Å². The maximum absolute atomic E-state index is 13.4. The van der Waals surface area contributed by atoms with Gasteiger partial charge >= 0.3 is 0 Å². The fourth-order valence-electron chi connectivity index (χ4n) is 3.59. The number of carbonyl (C=O) groups is 2. The molecular formula is C21H20N4O2. The summed E-state index contributed by atoms with van der Waals surface area (Å²) in [5, 5.41) is 2.73. The number of hydrogen-bond acceptors (Lipinski definition) is 3. The summed E-state index contributed by atoms with van der Waals surface area (Å²) in [5.41, 5.74) is 2.88. The van der Waals surface area contributed by atoms with Gasteiger partial charge in [-0.3, -0.25) is 14.0 Å². The van der Waals surface area contributed by atoms with Crippen molar-refractivity contribution in [3.8, 4) is 0 Å². The predicted octanol–water partition coefficient (Wildman–Crippen LogP) is 2.84. The lowest BCUT2D eigenvalue weighted by atomic mass is 10.1. The maximum atomic E-state index is 13.4. The van der Waals surface area contributed by atoms with Crippen molar-refractivity contribution in [1.82, 2.24) is 14.7 Å². The van der Waals surface area contributed by atoms with E-state index in [0.29, 0.717) is 12.1 Å². The molecule has 1 aliphatic rings. The monoisotopic (exact) mass is 360 g/mol. The minimum Gasteiger partial charge on any atom is -0.347 e. The van der Waals surface area contributed by atoms with Crippen molar-refractivity contribution in [1.29, 1.82) is 0 Å². The molecule has 0 fully saturated rings. The molecule has 0 spiro atoms. The molecule has 2 amide bonds. The lowest BCUT2D eigenvalue weighted by molar-refractivity contribution is 0.0955. The van der Waals surface area contributed by atoms with Gasteiger partial charge in [-0.15, -0.1) is 6.58 Å². The van der Waals surface area contributed by atoms with Gasteiger partial charge in [-0.2, -0.15) is 0 Å². The van der Waals surface area contributed by atoms with Crippen molar-refractivity contribution in [2.24, 2.45) is 0 Å². The van der Waals surface area contributed by atoms with Crippen LogP contribution in [0.3, 0.4) is 0 Å². The zero-order chi connectivity index (χ0) is 19.0. The fraction of sp³-hybridized carbons (Fsp3) is 0.190. The average Bonchev–Trinajstić information content (AvgIpc) is 3.23. The Labute approximate surface area is 157 Å². The van der Waals surface area contributed by atoms with E-state index in [0.717, 1.165) is 17.7 Å². The number of rotatable bonds is 4. The first-order chi connectivity index (χ1) is 13.1. The van der Waals surface area contributed by atoms with Crippen molar-refractivity contribution in [3.63, 3.8) is 0 Å². The van der Waals surface area contributed by atoms with Crippen molar-refractivity contribution < 1.29 is 9.59 Å². The molecule has 2 aromatic heterocycles. The number of carbonyl (C=O) groups excluding carboxylic acids is 2. The summed E-state index contributed by atoms with van der Waals surface area (Å²) in [7, 11) is 0. The largest absolute Gasteiger partial charge is 0.347 e. The van der Waals surface area contributed by atoms with E-state index in [9.17, 15) is 9.59 Å². The zero-order valence-electron chi connectivity index (χ0n) is 15.1. The van der Waals surface area contributed by atoms with E-state index in [1.54, 1.807) is 27.6 Å². The summed E-state index contributed by atoms with van der Waals surface area (Å²) in [6.45, 7) is 5.96. The molecule has 1 N–H and O–H groups in total. The van der Waals surface area contributed by atoms with Crippen molar-refractivity contribution >= 4 is 23.0 Å². The van der Waals surface area contributed by atoms with E-state index in [1.807, 2.05) is 43.3 Å². The molecule has 6 nitrogen and oxygen atoms in total. The molecule has 1 aromatic carbocycles. The topological polar surface area (TPSA) is 66.7 Å². The Balaban J connectivity index is 1.79. The van der Waals surface area contributed by atoms with Gasteiger partial charge in [-0.25, -0.2) is 4.98 Å². The summed E-state index contributed by atoms with van der Waals surface area (Å²) in [5.74, 6) is -0.304. The number of imidazole rings is 1. The molecule has 0 saturated carbocycles. The Morgan fingerprint density at radius 2 is 2.04 bits per heavy atom. The van der Waals surface area contributed by atoms with Gasteiger partial charge in [-0.05, 0) is 37.1 Å². The van der Waals surface area contributed by atoms with Gasteiger partial charge in [0.1, 0.15) is 0 Å². The van der Waals surface area contributed by atoms with Gasteiger partial charge < -0.3 is 10.2 Å². The third-order valence-electron chi connectivity index (χ3n) is 4.79. The van der Waals surface area contributed by atoms with E-state index in [4.69, 9.17) is 0 Å². The summed E-state index contributed by atoms with van der Waals surface area (Å²) < 4.78 is 1.68. The van der Waals surface area contributed by atoms with Gasteiger partial charge in [0, 0.05) is 24.5 Å². The van der Waals surface area contributed by atoms with Crippen LogP contribution in [0.15, 0.2) is 61.3 Å². The molecule has 1 aliphatic heterocycles. The van der Waals surface area contributed by atoms with Crippen molar-refractivity contribution in [3.05, 3.63) is 78.4 Å². The van der Waals surface area contributed by atoms with Crippen LogP contribution >= 0.6 is 0 Å². The van der Waals surface area contributed by atoms with Crippen LogP contribution in [0.4, 0.5) is 5.69 Å². The van der Waals surface area contributed by atoms with Gasteiger partial charge in [0.25, 0.3) is 11.8 Å². The summed E-state index contributed by atoms with van der Waals surface area (Å²) in [6.07, 6.45) is 4.16. The quantitative estimate of drug-likeness (QED) is 0.728. The van der Waals surface area contributed by atoms with Crippen LogP contribution in [0.25, 0.3) is 5.52 Å². The van der Waals surface area contributed by atoms with E-state index in [-0.39, 0.29) is 29.4 Å². The second-order valence-corrected chi connectivity index (χ2v) is 6.60. The SMILES string of the molecule is C=CCNC(=O)c1nc(C(=O)N2c3ccccc3CC2C)n2ccccc12. The average molecular weight is 360 g/mol. The van der Waals surface area contributed by atoms with E-state index in [1.165, 1.54) is 0 Å². The number of amides is 2. The molecule has 3 heterocycles. The molecule has 0 bridgehead atoms. The van der Waals surface area contributed by atoms with Gasteiger partial charge in [0.05, 0.1) is 5.52 Å². The first-order valence-corrected chi connectivity index (χ1v) is 8.89. The molecular weight excluding hydrogens is 340 g/mol. The highest BCUT2D eigenvalue weighted by Crippen LogP contribution is 2.33. The number of nitrogens with zero attached hydrogens (tertiary/aromatic N) is 3. The number of benzene rings is 1. The predicted molar refractivity (Wildman–Crippen MR) is 104 cm³/mol. The third-order valence-corrected chi connectivity index (χ3v) is 4.79. The first-order valence-electron chi connectivity index (χ1n) is 8.89. The standard InChI is InChI=1S/C21H20N4O2/c1-3-11-22-20(26)18-17-10-6-7-12-24(17)19(23-18)21(27)25-14(2)13-15-8-4-5-9-16(15)25/h3-10,12,14H,1,11,13H2,2H3,(H,22,26). The molecule has 0 saturated heterocycles. The molecule has 6 heteroatoms. The second-order valence-electron chi connectivity index (χ2n) is 6.60. The first kappa shape index (κ1) is 17.0. The molecule has 27 heavy (non-hydrogen) atoms. The Kier molecular flexibility index (Phi) is 4.24. The Morgan fingerprint density at radius 3 is 2.85 bits per heavy atom. The molecule has 1 atom stereocenters. The summed E-state index contributed by atoms with van der Waals surface area (Å²) in [4.78, 5) is 32.0. The minimum absolute atomic E-state index is 0.0315. The molecule has 3 aromatic rings. The third kappa shape index (κ3) is 2.79. The maximum Gasteiger partial charge on any atom is 0.294 e. The van der Waals surface area contributed by atoms with Crippen LogP contribution in [0, 0.1) is 0 Å². The van der Waals surface area contributed by atoms with Gasteiger partial charge in [0.15, 0.2) is 5.69 Å². The smallest absolute Gasteiger partial charge is 0.294 e. The van der Waals surface area contributed by atoms with Crippen LogP contribution in [-0.2, 0) is 6.42 Å². The van der Waals surface area contributed by atoms with Crippen LogP contribution in [-0.4, -0.2) is 33.8 Å². The number of pyridine rings is 1. The molecule has 4 rings (SSSR count). The van der Waals surface area contributed by atoms with Crippen molar-refractivity contribution in [2.45, 2.75) is 19.4 Å². The number of para-hydroxylation sites is 1. The molecule has 0 aliphatic carbocycles. The van der Waals surface area contributed by atoms with Gasteiger partial charge in [-0.1, -0.05) is 30.3 Å². The molecule has 1 unspecified atom stereocenters. The lowest BCUT2D eigenvalue weighted by Crippen LogP contribution is -2.37.